The van der Waals surface area contributed by atoms with Crippen LogP contribution in [0.15, 0.2) is 42.5 Å². The highest BCUT2D eigenvalue weighted by Gasteiger charge is 2.38. The van der Waals surface area contributed by atoms with Gasteiger partial charge in [-0.3, -0.25) is 4.79 Å². The first-order chi connectivity index (χ1) is 13.3. The molecule has 5 rings (SSSR count). The number of morpholine rings is 1. The van der Waals surface area contributed by atoms with Crippen molar-refractivity contribution in [1.29, 1.82) is 0 Å². The predicted octanol–water partition coefficient (Wildman–Crippen LogP) is 5.01. The summed E-state index contributed by atoms with van der Waals surface area (Å²) in [4.78, 5) is 19.6. The standard InChI is InChI=1S/C22H18N2O2S/c1-23-20-19-17(16-7-6-14-4-2-3-5-15(14)12-16)13-18(25)21(19)27-22(20)24-8-10-26-11-9-24/h2-7,12,17H,8-11,13H2. The third-order valence-corrected chi connectivity index (χ3v) is 6.77. The van der Waals surface area contributed by atoms with Gasteiger partial charge >= 0.3 is 0 Å². The fourth-order valence-corrected chi connectivity index (χ4v) is 5.43. The third-order valence-electron chi connectivity index (χ3n) is 5.48. The van der Waals surface area contributed by atoms with Gasteiger partial charge in [-0.25, -0.2) is 4.85 Å². The topological polar surface area (TPSA) is 33.9 Å². The lowest BCUT2D eigenvalue weighted by atomic mass is 9.91. The summed E-state index contributed by atoms with van der Waals surface area (Å²) >= 11 is 1.50. The number of carbonyl (C=O) groups is 1. The Labute approximate surface area is 161 Å². The quantitative estimate of drug-likeness (QED) is 0.592. The highest BCUT2D eigenvalue weighted by Crippen LogP contribution is 2.53. The number of anilines is 1. The van der Waals surface area contributed by atoms with E-state index in [2.05, 4.69) is 40.1 Å². The van der Waals surface area contributed by atoms with Crippen molar-refractivity contribution in [2.45, 2.75) is 12.3 Å². The number of ketones is 1. The van der Waals surface area contributed by atoms with Gasteiger partial charge < -0.3 is 9.64 Å². The maximum atomic E-state index is 12.7. The van der Waals surface area contributed by atoms with E-state index in [4.69, 9.17) is 11.3 Å². The van der Waals surface area contributed by atoms with Crippen LogP contribution in [0.1, 0.15) is 33.1 Å². The second-order valence-corrected chi connectivity index (χ2v) is 8.00. The maximum Gasteiger partial charge on any atom is 0.225 e. The molecule has 1 aliphatic carbocycles. The molecule has 4 nitrogen and oxygen atoms in total. The van der Waals surface area contributed by atoms with Crippen LogP contribution in [-0.4, -0.2) is 32.1 Å². The Kier molecular flexibility index (Phi) is 3.96. The average molecular weight is 374 g/mol. The molecule has 1 saturated heterocycles. The van der Waals surface area contributed by atoms with E-state index in [1.165, 1.54) is 22.1 Å². The minimum atomic E-state index is -0.0211. The van der Waals surface area contributed by atoms with Crippen molar-refractivity contribution >= 4 is 38.6 Å². The van der Waals surface area contributed by atoms with Gasteiger partial charge in [-0.2, -0.15) is 0 Å². The summed E-state index contributed by atoms with van der Waals surface area (Å²) in [6.45, 7) is 10.7. The lowest BCUT2D eigenvalue weighted by molar-refractivity contribution is 0.0994. The molecule has 0 N–H and O–H groups in total. The van der Waals surface area contributed by atoms with E-state index in [1.54, 1.807) is 0 Å². The van der Waals surface area contributed by atoms with Crippen LogP contribution in [0.5, 0.6) is 0 Å². The Balaban J connectivity index is 1.62. The minimum absolute atomic E-state index is 0.0211. The van der Waals surface area contributed by atoms with Crippen LogP contribution in [0.2, 0.25) is 0 Å². The number of thiophene rings is 1. The summed E-state index contributed by atoms with van der Waals surface area (Å²) in [6.07, 6.45) is 0.464. The third kappa shape index (κ3) is 2.64. The van der Waals surface area contributed by atoms with Crippen molar-refractivity contribution in [2.75, 3.05) is 31.2 Å². The number of fused-ring (bicyclic) bond motifs is 2. The Morgan fingerprint density at radius 1 is 1.11 bits per heavy atom. The Morgan fingerprint density at radius 3 is 2.67 bits per heavy atom. The minimum Gasteiger partial charge on any atom is -0.378 e. The van der Waals surface area contributed by atoms with Crippen LogP contribution in [0, 0.1) is 6.57 Å². The number of rotatable bonds is 2. The second kappa shape index (κ2) is 6.49. The fraction of sp³-hybridized carbons (Fsp3) is 0.273. The van der Waals surface area contributed by atoms with Gasteiger partial charge in [0.1, 0.15) is 0 Å². The molecule has 1 aromatic heterocycles. The van der Waals surface area contributed by atoms with Crippen molar-refractivity contribution in [3.05, 3.63) is 69.9 Å². The van der Waals surface area contributed by atoms with E-state index in [1.807, 2.05) is 12.1 Å². The van der Waals surface area contributed by atoms with Crippen LogP contribution in [-0.2, 0) is 4.74 Å². The number of nitrogens with zero attached hydrogens (tertiary/aromatic N) is 2. The van der Waals surface area contributed by atoms with Gasteiger partial charge in [0.15, 0.2) is 5.78 Å². The average Bonchev–Trinajstić information content (AvgIpc) is 3.26. The first-order valence-electron chi connectivity index (χ1n) is 9.15. The molecule has 0 radical (unpaired) electrons. The van der Waals surface area contributed by atoms with Gasteiger partial charge in [-0.1, -0.05) is 42.5 Å². The van der Waals surface area contributed by atoms with Crippen LogP contribution in [0.4, 0.5) is 10.7 Å². The molecule has 3 aromatic rings. The summed E-state index contributed by atoms with van der Waals surface area (Å²) in [6, 6.07) is 14.6. The van der Waals surface area contributed by atoms with Crippen LogP contribution in [0.3, 0.4) is 0 Å². The van der Waals surface area contributed by atoms with E-state index in [-0.39, 0.29) is 11.7 Å². The Hall–Kier alpha value is -2.68. The van der Waals surface area contributed by atoms with E-state index in [0.717, 1.165) is 34.1 Å². The molecule has 2 aromatic carbocycles. The molecule has 0 bridgehead atoms. The number of hydrogen-bond acceptors (Lipinski definition) is 4. The number of benzene rings is 2. The molecular weight excluding hydrogens is 356 g/mol. The fourth-order valence-electron chi connectivity index (χ4n) is 4.13. The summed E-state index contributed by atoms with van der Waals surface area (Å²) in [5.74, 6) is 0.143. The number of ether oxygens (including phenoxy) is 1. The lowest BCUT2D eigenvalue weighted by Gasteiger charge is -2.28. The molecule has 27 heavy (non-hydrogen) atoms. The Bertz CT molecular complexity index is 1090. The first-order valence-corrected chi connectivity index (χ1v) is 9.96. The molecule has 5 heteroatoms. The predicted molar refractivity (Wildman–Crippen MR) is 108 cm³/mol. The normalized spacial score (nSPS) is 19.3. The molecule has 134 valence electrons. The summed E-state index contributed by atoms with van der Waals surface area (Å²) < 4.78 is 5.44. The molecule has 0 saturated carbocycles. The number of carbonyl (C=O) groups excluding carboxylic acids is 1. The molecule has 2 heterocycles. The zero-order valence-corrected chi connectivity index (χ0v) is 15.6. The number of Topliss-reactive ketones (excluding diaryl/α,β-unsaturated/α-hetero) is 1. The van der Waals surface area contributed by atoms with E-state index >= 15 is 0 Å². The van der Waals surface area contributed by atoms with Gasteiger partial charge in [-0.15, -0.1) is 11.3 Å². The summed E-state index contributed by atoms with van der Waals surface area (Å²) in [7, 11) is 0. The van der Waals surface area contributed by atoms with Crippen molar-refractivity contribution in [2.24, 2.45) is 0 Å². The van der Waals surface area contributed by atoms with Crippen LogP contribution < -0.4 is 4.90 Å². The van der Waals surface area contributed by atoms with E-state index < -0.39 is 0 Å². The van der Waals surface area contributed by atoms with E-state index in [0.29, 0.717) is 25.3 Å². The summed E-state index contributed by atoms with van der Waals surface area (Å²) in [5.41, 5.74) is 2.73. The molecular formula is C22H18N2O2S. The highest BCUT2D eigenvalue weighted by atomic mass is 32.1. The van der Waals surface area contributed by atoms with Gasteiger partial charge in [-0.05, 0) is 21.9 Å². The molecule has 0 spiro atoms. The molecule has 1 unspecified atom stereocenters. The first kappa shape index (κ1) is 16.5. The summed E-state index contributed by atoms with van der Waals surface area (Å²) in [5, 5.41) is 3.30. The molecule has 1 atom stereocenters. The maximum absolute atomic E-state index is 12.7. The number of hydrogen-bond donors (Lipinski definition) is 0. The monoisotopic (exact) mass is 374 g/mol. The smallest absolute Gasteiger partial charge is 0.225 e. The van der Waals surface area contributed by atoms with Gasteiger partial charge in [0.05, 0.1) is 29.7 Å². The van der Waals surface area contributed by atoms with Crippen LogP contribution in [0.25, 0.3) is 15.6 Å². The lowest BCUT2D eigenvalue weighted by Crippen LogP contribution is -2.35. The largest absolute Gasteiger partial charge is 0.378 e. The molecule has 1 fully saturated rings. The van der Waals surface area contributed by atoms with Crippen molar-refractivity contribution in [1.82, 2.24) is 0 Å². The molecule has 2 aliphatic rings. The molecule has 1 aliphatic heterocycles. The van der Waals surface area contributed by atoms with E-state index in [9.17, 15) is 4.79 Å². The van der Waals surface area contributed by atoms with Crippen LogP contribution >= 0.6 is 11.3 Å². The van der Waals surface area contributed by atoms with Gasteiger partial charge in [0.2, 0.25) is 5.69 Å². The SMILES string of the molecule is [C-]#[N+]c1c(N2CCOCC2)sc2c1C(c1ccc3ccccc3c1)CC2=O. The second-order valence-electron chi connectivity index (χ2n) is 7.00. The Morgan fingerprint density at radius 2 is 1.89 bits per heavy atom. The zero-order valence-electron chi connectivity index (χ0n) is 14.8. The molecule has 0 amide bonds. The van der Waals surface area contributed by atoms with Crippen molar-refractivity contribution < 1.29 is 9.53 Å². The van der Waals surface area contributed by atoms with Crippen molar-refractivity contribution in [3.63, 3.8) is 0 Å². The van der Waals surface area contributed by atoms with Crippen molar-refractivity contribution in [3.8, 4) is 0 Å². The highest BCUT2D eigenvalue weighted by molar-refractivity contribution is 7.19. The zero-order chi connectivity index (χ0) is 18.4. The van der Waals surface area contributed by atoms with Gasteiger partial charge in [0.25, 0.3) is 0 Å². The van der Waals surface area contributed by atoms with Gasteiger partial charge in [0, 0.05) is 25.4 Å².